The average molecular weight is 554 g/mol. The molecule has 1 saturated carbocycles. The van der Waals surface area contributed by atoms with Crippen LogP contribution >= 0.6 is 0 Å². The summed E-state index contributed by atoms with van der Waals surface area (Å²) in [4.78, 5) is 23.7. The summed E-state index contributed by atoms with van der Waals surface area (Å²) in [7, 11) is 1.28. The number of hydrogen-bond acceptors (Lipinski definition) is 4. The summed E-state index contributed by atoms with van der Waals surface area (Å²) in [6, 6.07) is 19.5. The molecule has 1 fully saturated rings. The summed E-state index contributed by atoms with van der Waals surface area (Å²) in [5.41, 5.74) is 0.810. The monoisotopic (exact) mass is 553 g/mol. The van der Waals surface area contributed by atoms with Crippen molar-refractivity contribution >= 4 is 11.9 Å². The second-order valence-electron chi connectivity index (χ2n) is 10.1. The van der Waals surface area contributed by atoms with E-state index in [1.54, 1.807) is 60.7 Å². The Hall–Kier alpha value is -3.81. The first kappa shape index (κ1) is 29.2. The molecule has 40 heavy (non-hydrogen) atoms. The third-order valence-electron chi connectivity index (χ3n) is 7.31. The number of hydrogen-bond donors (Lipinski definition) is 1. The molecular formula is C32H34F3NO4. The Morgan fingerprint density at radius 1 is 0.950 bits per heavy atom. The fourth-order valence-corrected chi connectivity index (χ4v) is 5.18. The highest BCUT2D eigenvalue weighted by molar-refractivity contribution is 5.94. The summed E-state index contributed by atoms with van der Waals surface area (Å²) in [5.74, 6) is 0.0634. The minimum atomic E-state index is -4.53. The number of rotatable bonds is 10. The van der Waals surface area contributed by atoms with E-state index >= 15 is 0 Å². The van der Waals surface area contributed by atoms with Crippen LogP contribution in [0.1, 0.15) is 72.5 Å². The zero-order chi connectivity index (χ0) is 28.5. The molecule has 8 heteroatoms. The first-order valence-electron chi connectivity index (χ1n) is 13.6. The molecule has 0 aliphatic heterocycles. The van der Waals surface area contributed by atoms with Crippen LogP contribution in [0.5, 0.6) is 5.75 Å². The van der Waals surface area contributed by atoms with E-state index in [2.05, 4.69) is 10.1 Å². The van der Waals surface area contributed by atoms with Crippen LogP contribution in [0.2, 0.25) is 0 Å². The SMILES string of the molecule is COC(=O)CCNC(=O)c1ccc(OC(CC2CCCCC2)c2ccc(-c3ccccc3)c(C(F)(F)F)c2)cc1. The molecular weight excluding hydrogens is 519 g/mol. The lowest BCUT2D eigenvalue weighted by molar-refractivity contribution is -0.140. The topological polar surface area (TPSA) is 64.6 Å². The van der Waals surface area contributed by atoms with Crippen molar-refractivity contribution in [3.8, 4) is 16.9 Å². The molecule has 1 unspecified atom stereocenters. The second-order valence-corrected chi connectivity index (χ2v) is 10.1. The number of carbonyl (C=O) groups is 2. The van der Waals surface area contributed by atoms with E-state index in [4.69, 9.17) is 4.74 Å². The van der Waals surface area contributed by atoms with Gasteiger partial charge in [0.05, 0.1) is 19.1 Å². The van der Waals surface area contributed by atoms with Crippen LogP contribution in [-0.2, 0) is 15.7 Å². The number of carbonyl (C=O) groups excluding carboxylic acids is 2. The van der Waals surface area contributed by atoms with Crippen molar-refractivity contribution in [3.63, 3.8) is 0 Å². The molecule has 4 rings (SSSR count). The maximum Gasteiger partial charge on any atom is 0.417 e. The van der Waals surface area contributed by atoms with Gasteiger partial charge in [0, 0.05) is 12.1 Å². The predicted molar refractivity (Wildman–Crippen MR) is 147 cm³/mol. The van der Waals surface area contributed by atoms with Crippen LogP contribution in [-0.4, -0.2) is 25.5 Å². The van der Waals surface area contributed by atoms with E-state index in [0.29, 0.717) is 34.8 Å². The molecule has 1 N–H and O–H groups in total. The van der Waals surface area contributed by atoms with E-state index in [-0.39, 0.29) is 24.4 Å². The third-order valence-corrected chi connectivity index (χ3v) is 7.31. The molecule has 5 nitrogen and oxygen atoms in total. The quantitative estimate of drug-likeness (QED) is 0.261. The number of benzene rings is 3. The van der Waals surface area contributed by atoms with E-state index in [0.717, 1.165) is 25.7 Å². The van der Waals surface area contributed by atoms with Crippen LogP contribution in [0, 0.1) is 5.92 Å². The Morgan fingerprint density at radius 3 is 2.30 bits per heavy atom. The predicted octanol–water partition coefficient (Wildman–Crippen LogP) is 7.76. The minimum absolute atomic E-state index is 0.0647. The van der Waals surface area contributed by atoms with Crippen LogP contribution in [0.3, 0.4) is 0 Å². The zero-order valence-corrected chi connectivity index (χ0v) is 22.5. The summed E-state index contributed by atoms with van der Waals surface area (Å²) < 4.78 is 53.6. The van der Waals surface area contributed by atoms with Gasteiger partial charge in [0.2, 0.25) is 0 Å². The van der Waals surface area contributed by atoms with E-state index in [1.807, 2.05) is 0 Å². The number of esters is 1. The van der Waals surface area contributed by atoms with Gasteiger partial charge >= 0.3 is 12.1 Å². The normalized spacial score (nSPS) is 14.8. The fraction of sp³-hybridized carbons (Fsp3) is 0.375. The number of ether oxygens (including phenoxy) is 2. The smallest absolute Gasteiger partial charge is 0.417 e. The van der Waals surface area contributed by atoms with Crippen molar-refractivity contribution in [2.45, 2.75) is 57.2 Å². The van der Waals surface area contributed by atoms with Crippen molar-refractivity contribution in [3.05, 3.63) is 89.5 Å². The van der Waals surface area contributed by atoms with Crippen LogP contribution in [0.15, 0.2) is 72.8 Å². The molecule has 0 saturated heterocycles. The fourth-order valence-electron chi connectivity index (χ4n) is 5.18. The van der Waals surface area contributed by atoms with Crippen LogP contribution in [0.25, 0.3) is 11.1 Å². The van der Waals surface area contributed by atoms with Crippen LogP contribution < -0.4 is 10.1 Å². The average Bonchev–Trinajstić information content (AvgIpc) is 2.97. The van der Waals surface area contributed by atoms with Gasteiger partial charge < -0.3 is 14.8 Å². The van der Waals surface area contributed by atoms with Gasteiger partial charge in [-0.1, -0.05) is 74.6 Å². The van der Waals surface area contributed by atoms with Gasteiger partial charge in [-0.25, -0.2) is 0 Å². The molecule has 1 amide bonds. The van der Waals surface area contributed by atoms with Gasteiger partial charge in [-0.05, 0) is 59.4 Å². The Balaban J connectivity index is 1.57. The zero-order valence-electron chi connectivity index (χ0n) is 22.5. The van der Waals surface area contributed by atoms with Gasteiger partial charge in [-0.2, -0.15) is 13.2 Å². The summed E-state index contributed by atoms with van der Waals surface area (Å²) >= 11 is 0. The van der Waals surface area contributed by atoms with Crippen molar-refractivity contribution in [1.29, 1.82) is 0 Å². The van der Waals surface area contributed by atoms with E-state index in [1.165, 1.54) is 25.7 Å². The number of halogens is 3. The van der Waals surface area contributed by atoms with E-state index < -0.39 is 23.8 Å². The van der Waals surface area contributed by atoms with E-state index in [9.17, 15) is 22.8 Å². The Kier molecular flexibility index (Phi) is 9.85. The summed E-state index contributed by atoms with van der Waals surface area (Å²) in [5, 5.41) is 2.66. The standard InChI is InChI=1S/C32H34F3NO4/c1-39-30(37)18-19-36-31(38)24-12-15-26(16-13-24)40-29(20-22-8-4-2-5-9-22)25-14-17-27(23-10-6-3-7-11-23)28(21-25)32(33,34)35/h3,6-7,10-17,21-22,29H,2,4-5,8-9,18-20H2,1H3,(H,36,38). The first-order valence-corrected chi connectivity index (χ1v) is 13.6. The van der Waals surface area contributed by atoms with Crippen molar-refractivity contribution < 1.29 is 32.2 Å². The molecule has 0 heterocycles. The Morgan fingerprint density at radius 2 is 1.65 bits per heavy atom. The largest absolute Gasteiger partial charge is 0.486 e. The molecule has 1 atom stereocenters. The second kappa shape index (κ2) is 13.5. The molecule has 1 aliphatic rings. The molecule has 0 radical (unpaired) electrons. The Bertz CT molecular complexity index is 1270. The van der Waals surface area contributed by atoms with Gasteiger partial charge in [-0.3, -0.25) is 9.59 Å². The highest BCUT2D eigenvalue weighted by atomic mass is 19.4. The number of methoxy groups -OCH3 is 1. The molecule has 1 aliphatic carbocycles. The highest BCUT2D eigenvalue weighted by Crippen LogP contribution is 2.41. The number of alkyl halides is 3. The number of amides is 1. The van der Waals surface area contributed by atoms with Gasteiger partial charge in [0.25, 0.3) is 5.91 Å². The lowest BCUT2D eigenvalue weighted by Crippen LogP contribution is -2.26. The third kappa shape index (κ3) is 7.87. The molecule has 212 valence electrons. The highest BCUT2D eigenvalue weighted by Gasteiger charge is 2.35. The van der Waals surface area contributed by atoms with Crippen LogP contribution in [0.4, 0.5) is 13.2 Å². The van der Waals surface area contributed by atoms with Gasteiger partial charge in [-0.15, -0.1) is 0 Å². The lowest BCUT2D eigenvalue weighted by atomic mass is 9.83. The number of nitrogens with one attached hydrogen (secondary N) is 1. The minimum Gasteiger partial charge on any atom is -0.486 e. The summed E-state index contributed by atoms with van der Waals surface area (Å²) in [6.45, 7) is 0.147. The molecule has 0 spiro atoms. The molecule has 3 aromatic carbocycles. The van der Waals surface area contributed by atoms with Crippen molar-refractivity contribution in [2.24, 2.45) is 5.92 Å². The van der Waals surface area contributed by atoms with Crippen molar-refractivity contribution in [2.75, 3.05) is 13.7 Å². The lowest BCUT2D eigenvalue weighted by Gasteiger charge is -2.28. The molecule has 3 aromatic rings. The molecule has 0 bridgehead atoms. The van der Waals surface area contributed by atoms with Gasteiger partial charge in [0.1, 0.15) is 11.9 Å². The molecule has 0 aromatic heterocycles. The Labute approximate surface area is 232 Å². The maximum atomic E-state index is 14.2. The maximum absolute atomic E-state index is 14.2. The van der Waals surface area contributed by atoms with Crippen molar-refractivity contribution in [1.82, 2.24) is 5.32 Å². The first-order chi connectivity index (χ1) is 19.2. The summed E-state index contributed by atoms with van der Waals surface area (Å²) in [6.07, 6.45) is 1.02. The van der Waals surface area contributed by atoms with Gasteiger partial charge in [0.15, 0.2) is 0 Å².